The van der Waals surface area contributed by atoms with E-state index in [4.69, 9.17) is 4.43 Å². The highest BCUT2D eigenvalue weighted by Gasteiger charge is 2.46. The molecule has 0 N–H and O–H groups in total. The number of hydrogen-bond acceptors (Lipinski definition) is 1. The quantitative estimate of drug-likeness (QED) is 0.401. The van der Waals surface area contributed by atoms with Gasteiger partial charge in [-0.3, -0.25) is 0 Å². The summed E-state index contributed by atoms with van der Waals surface area (Å²) in [6, 6.07) is 0. The third-order valence-electron chi connectivity index (χ3n) is 3.75. The molecule has 0 heterocycles. The zero-order valence-corrected chi connectivity index (χ0v) is 15.6. The molecule has 0 aromatic heterocycles. The molecular formula is C14H29IOSi. The Balaban J connectivity index is 5.16. The monoisotopic (exact) mass is 368 g/mol. The number of halogens is 1. The summed E-state index contributed by atoms with van der Waals surface area (Å²) in [4.78, 5) is 0. The number of rotatable bonds is 7. The summed E-state index contributed by atoms with van der Waals surface area (Å²) in [5.41, 5.74) is 2.00. The average molecular weight is 368 g/mol. The van der Waals surface area contributed by atoms with E-state index in [0.29, 0.717) is 22.7 Å². The molecule has 0 bridgehead atoms. The first-order valence-electron chi connectivity index (χ1n) is 6.77. The second-order valence-electron chi connectivity index (χ2n) is 5.70. The smallest absolute Gasteiger partial charge is 0.201 e. The normalized spacial score (nSPS) is 15.5. The van der Waals surface area contributed by atoms with Crippen LogP contribution in [0.15, 0.2) is 10.2 Å². The summed E-state index contributed by atoms with van der Waals surface area (Å²) in [5.74, 6) is 0. The van der Waals surface area contributed by atoms with Gasteiger partial charge in [-0.1, -0.05) is 77.1 Å². The molecule has 0 aromatic rings. The number of hydrogen-bond donors (Lipinski definition) is 0. The molecule has 102 valence electrons. The van der Waals surface area contributed by atoms with Crippen molar-refractivity contribution in [2.24, 2.45) is 0 Å². The maximum Gasteiger partial charge on any atom is 0.201 e. The van der Waals surface area contributed by atoms with Crippen molar-refractivity contribution < 1.29 is 4.43 Å². The standard InChI is InChI=1S/C14H29IOSi/c1-8-14(9-10-15)16-17(11(2)3,12(4)5)13(6)7/h9-14H,8H2,1-7H3/b10-9+/t14-/m1/s1. The van der Waals surface area contributed by atoms with Crippen molar-refractivity contribution in [2.45, 2.75) is 77.6 Å². The lowest BCUT2D eigenvalue weighted by molar-refractivity contribution is 0.212. The lowest BCUT2D eigenvalue weighted by Crippen LogP contribution is -2.49. The van der Waals surface area contributed by atoms with Gasteiger partial charge >= 0.3 is 0 Å². The van der Waals surface area contributed by atoms with Crippen molar-refractivity contribution in [3.8, 4) is 0 Å². The molecule has 0 fully saturated rings. The largest absolute Gasteiger partial charge is 0.410 e. The molecule has 0 aliphatic carbocycles. The summed E-state index contributed by atoms with van der Waals surface area (Å²) in [6.45, 7) is 16.2. The Morgan fingerprint density at radius 3 is 1.65 bits per heavy atom. The highest BCUT2D eigenvalue weighted by Crippen LogP contribution is 2.43. The summed E-state index contributed by atoms with van der Waals surface area (Å²) >= 11 is 2.28. The van der Waals surface area contributed by atoms with E-state index in [1.54, 1.807) is 0 Å². The third kappa shape index (κ3) is 4.35. The van der Waals surface area contributed by atoms with Crippen LogP contribution in [0.3, 0.4) is 0 Å². The zero-order valence-electron chi connectivity index (χ0n) is 12.5. The van der Waals surface area contributed by atoms with Gasteiger partial charge in [-0.25, -0.2) is 0 Å². The van der Waals surface area contributed by atoms with E-state index in [9.17, 15) is 0 Å². The van der Waals surface area contributed by atoms with Crippen molar-refractivity contribution in [1.82, 2.24) is 0 Å². The fourth-order valence-electron chi connectivity index (χ4n) is 3.01. The van der Waals surface area contributed by atoms with Crippen LogP contribution in [-0.2, 0) is 4.43 Å². The molecule has 0 radical (unpaired) electrons. The highest BCUT2D eigenvalue weighted by atomic mass is 127. The second kappa shape index (κ2) is 7.95. The van der Waals surface area contributed by atoms with E-state index in [1.807, 2.05) is 0 Å². The Labute approximate surface area is 123 Å². The molecule has 0 saturated heterocycles. The van der Waals surface area contributed by atoms with Gasteiger partial charge in [-0.2, -0.15) is 0 Å². The molecule has 1 atom stereocenters. The van der Waals surface area contributed by atoms with Crippen LogP contribution in [0.2, 0.25) is 16.6 Å². The molecule has 0 aliphatic heterocycles. The van der Waals surface area contributed by atoms with Crippen LogP contribution in [-0.4, -0.2) is 14.4 Å². The first-order chi connectivity index (χ1) is 7.82. The van der Waals surface area contributed by atoms with Crippen molar-refractivity contribution in [3.63, 3.8) is 0 Å². The van der Waals surface area contributed by atoms with Crippen molar-refractivity contribution in [2.75, 3.05) is 0 Å². The Hall–Kier alpha value is 0.647. The van der Waals surface area contributed by atoms with Crippen LogP contribution in [0.5, 0.6) is 0 Å². The fourth-order valence-corrected chi connectivity index (χ4v) is 9.06. The lowest BCUT2D eigenvalue weighted by atomic mass is 10.3. The molecule has 0 unspecified atom stereocenters. The third-order valence-corrected chi connectivity index (χ3v) is 10.3. The predicted molar refractivity (Wildman–Crippen MR) is 89.4 cm³/mol. The van der Waals surface area contributed by atoms with E-state index in [2.05, 4.69) is 81.2 Å². The summed E-state index contributed by atoms with van der Waals surface area (Å²) in [5, 5.41) is 0. The van der Waals surface area contributed by atoms with Crippen LogP contribution < -0.4 is 0 Å². The van der Waals surface area contributed by atoms with Crippen LogP contribution in [0.1, 0.15) is 54.9 Å². The first kappa shape index (κ1) is 17.6. The summed E-state index contributed by atoms with van der Waals surface area (Å²) < 4.78 is 8.75. The lowest BCUT2D eigenvalue weighted by Gasteiger charge is -2.44. The van der Waals surface area contributed by atoms with Gasteiger partial charge in [0, 0.05) is 0 Å². The van der Waals surface area contributed by atoms with Gasteiger partial charge < -0.3 is 4.43 Å². The molecule has 3 heteroatoms. The van der Waals surface area contributed by atoms with Gasteiger partial charge in [0.2, 0.25) is 8.32 Å². The molecule has 0 amide bonds. The minimum Gasteiger partial charge on any atom is -0.410 e. The summed E-state index contributed by atoms with van der Waals surface area (Å²) in [7, 11) is -1.70. The maximum absolute atomic E-state index is 6.66. The molecule has 0 spiro atoms. The van der Waals surface area contributed by atoms with E-state index >= 15 is 0 Å². The molecule has 0 saturated carbocycles. The van der Waals surface area contributed by atoms with Crippen LogP contribution in [0.4, 0.5) is 0 Å². The van der Waals surface area contributed by atoms with Gasteiger partial charge in [0.1, 0.15) is 0 Å². The SMILES string of the molecule is CC[C@H](/C=C/I)O[Si](C(C)C)(C(C)C)C(C)C. The molecule has 1 nitrogen and oxygen atoms in total. The Morgan fingerprint density at radius 2 is 1.41 bits per heavy atom. The van der Waals surface area contributed by atoms with Crippen molar-refractivity contribution >= 4 is 30.9 Å². The molecule has 0 aromatic carbocycles. The van der Waals surface area contributed by atoms with Crippen LogP contribution in [0, 0.1) is 0 Å². The molecule has 17 heavy (non-hydrogen) atoms. The van der Waals surface area contributed by atoms with E-state index in [1.165, 1.54) is 0 Å². The second-order valence-corrected chi connectivity index (χ2v) is 11.8. The molecule has 0 rings (SSSR count). The van der Waals surface area contributed by atoms with Gasteiger partial charge in [-0.15, -0.1) is 0 Å². The van der Waals surface area contributed by atoms with Crippen molar-refractivity contribution in [1.29, 1.82) is 0 Å². The first-order valence-corrected chi connectivity index (χ1v) is 10.2. The Kier molecular flexibility index (Phi) is 8.25. The van der Waals surface area contributed by atoms with Crippen LogP contribution >= 0.6 is 22.6 Å². The topological polar surface area (TPSA) is 9.23 Å². The highest BCUT2D eigenvalue weighted by molar-refractivity contribution is 14.1. The van der Waals surface area contributed by atoms with Crippen molar-refractivity contribution in [3.05, 3.63) is 10.2 Å². The fraction of sp³-hybridized carbons (Fsp3) is 0.857. The molecule has 0 aliphatic rings. The van der Waals surface area contributed by atoms with Gasteiger partial charge in [0.15, 0.2) is 0 Å². The zero-order chi connectivity index (χ0) is 13.6. The average Bonchev–Trinajstić information content (AvgIpc) is 2.22. The summed E-state index contributed by atoms with van der Waals surface area (Å²) in [6.07, 6.45) is 3.57. The van der Waals surface area contributed by atoms with Gasteiger partial charge in [0.25, 0.3) is 0 Å². The van der Waals surface area contributed by atoms with E-state index < -0.39 is 8.32 Å². The Morgan fingerprint density at radius 1 is 1.00 bits per heavy atom. The molecular weight excluding hydrogens is 339 g/mol. The predicted octanol–water partition coefficient (Wildman–Crippen LogP) is 5.91. The van der Waals surface area contributed by atoms with E-state index in [0.717, 1.165) is 6.42 Å². The van der Waals surface area contributed by atoms with Crippen LogP contribution in [0.25, 0.3) is 0 Å². The minimum atomic E-state index is -1.70. The maximum atomic E-state index is 6.66. The minimum absolute atomic E-state index is 0.297. The van der Waals surface area contributed by atoms with Gasteiger partial charge in [0.05, 0.1) is 6.10 Å². The Bertz CT molecular complexity index is 215. The van der Waals surface area contributed by atoms with E-state index in [-0.39, 0.29) is 0 Å². The van der Waals surface area contributed by atoms with Gasteiger partial charge in [-0.05, 0) is 27.1 Å².